The fraction of sp³-hybridized carbons (Fsp3) is 0.105. The van der Waals surface area contributed by atoms with Gasteiger partial charge in [-0.15, -0.1) is 11.3 Å². The van der Waals surface area contributed by atoms with Gasteiger partial charge in [-0.05, 0) is 18.2 Å². The van der Waals surface area contributed by atoms with Crippen LogP contribution in [0.3, 0.4) is 0 Å². The molecule has 3 heterocycles. The molecule has 0 saturated carbocycles. The van der Waals surface area contributed by atoms with Crippen molar-refractivity contribution in [2.45, 2.75) is 6.54 Å². The number of rotatable bonds is 6. The minimum atomic E-state index is -0.857. The van der Waals surface area contributed by atoms with Crippen LogP contribution in [0.5, 0.6) is 0 Å². The maximum atomic E-state index is 12.5. The number of nitro benzene ring substituents is 1. The zero-order valence-corrected chi connectivity index (χ0v) is 16.1. The highest BCUT2D eigenvalue weighted by atomic mass is 32.1. The van der Waals surface area contributed by atoms with Crippen LogP contribution in [0, 0.1) is 10.1 Å². The molecule has 10 nitrogen and oxygen atoms in total. The van der Waals surface area contributed by atoms with Crippen LogP contribution >= 0.6 is 11.3 Å². The molecule has 0 unspecified atom stereocenters. The lowest BCUT2D eigenvalue weighted by Gasteiger charge is -2.13. The normalized spacial score (nSPS) is 12.7. The molecule has 3 amide bonds. The number of nitrogens with one attached hydrogen (secondary N) is 1. The third-order valence-electron chi connectivity index (χ3n) is 4.40. The van der Waals surface area contributed by atoms with Crippen molar-refractivity contribution < 1.29 is 19.3 Å². The number of benzene rings is 1. The smallest absolute Gasteiger partial charge is 0.282 e. The first-order valence-corrected chi connectivity index (χ1v) is 9.59. The van der Waals surface area contributed by atoms with E-state index >= 15 is 0 Å². The quantitative estimate of drug-likeness (QED) is 0.364. The van der Waals surface area contributed by atoms with Gasteiger partial charge in [0, 0.05) is 29.4 Å². The van der Waals surface area contributed by atoms with Gasteiger partial charge in [-0.25, -0.2) is 4.98 Å². The van der Waals surface area contributed by atoms with Crippen LogP contribution in [-0.2, 0) is 11.3 Å². The first-order valence-electron chi connectivity index (χ1n) is 8.71. The summed E-state index contributed by atoms with van der Waals surface area (Å²) in [6.45, 7) is -0.429. The molecule has 1 N–H and O–H groups in total. The van der Waals surface area contributed by atoms with Crippen molar-refractivity contribution in [2.75, 3.05) is 6.54 Å². The fourth-order valence-corrected chi connectivity index (χ4v) is 3.82. The summed E-state index contributed by atoms with van der Waals surface area (Å²) in [5.74, 6) is -2.17. The molecule has 0 atom stereocenters. The van der Waals surface area contributed by atoms with Crippen LogP contribution in [0.25, 0.3) is 10.6 Å². The molecular formula is C19H13N5O5S. The van der Waals surface area contributed by atoms with Crippen molar-refractivity contribution in [1.82, 2.24) is 20.2 Å². The second-order valence-corrected chi connectivity index (χ2v) is 7.17. The molecule has 0 spiro atoms. The van der Waals surface area contributed by atoms with Gasteiger partial charge in [0.05, 0.1) is 22.7 Å². The SMILES string of the molecule is O=C(CN1C(=O)c2cccc([N+](=O)[O-])c2C1=O)NCc1csc(-c2cccnc2)n1. The lowest BCUT2D eigenvalue weighted by Crippen LogP contribution is -2.40. The van der Waals surface area contributed by atoms with Crippen molar-refractivity contribution in [1.29, 1.82) is 0 Å². The monoisotopic (exact) mass is 423 g/mol. The maximum absolute atomic E-state index is 12.5. The van der Waals surface area contributed by atoms with E-state index in [1.54, 1.807) is 23.8 Å². The van der Waals surface area contributed by atoms with Gasteiger partial charge in [-0.3, -0.25) is 34.4 Å². The Morgan fingerprint density at radius 1 is 1.20 bits per heavy atom. The summed E-state index contributed by atoms with van der Waals surface area (Å²) in [5, 5.41) is 16.3. The van der Waals surface area contributed by atoms with E-state index in [1.165, 1.54) is 23.5 Å². The number of amides is 3. The first kappa shape index (κ1) is 19.3. The summed E-state index contributed by atoms with van der Waals surface area (Å²) < 4.78 is 0. The maximum Gasteiger partial charge on any atom is 0.282 e. The molecular weight excluding hydrogens is 410 g/mol. The van der Waals surface area contributed by atoms with E-state index in [9.17, 15) is 24.5 Å². The zero-order valence-electron chi connectivity index (χ0n) is 15.3. The van der Waals surface area contributed by atoms with Gasteiger partial charge in [0.1, 0.15) is 17.1 Å². The Bertz CT molecular complexity index is 1180. The lowest BCUT2D eigenvalue weighted by atomic mass is 10.1. The lowest BCUT2D eigenvalue weighted by molar-refractivity contribution is -0.385. The van der Waals surface area contributed by atoms with Gasteiger partial charge in [0.2, 0.25) is 5.91 Å². The molecule has 0 saturated heterocycles. The number of pyridine rings is 1. The molecule has 0 radical (unpaired) electrons. The standard InChI is InChI=1S/C19H13N5O5S/c25-15(21-8-12-10-30-17(22-12)11-3-2-6-20-7-11)9-23-18(26)13-4-1-5-14(24(28)29)16(13)19(23)27/h1-7,10H,8-9H2,(H,21,25). The van der Waals surface area contributed by atoms with E-state index < -0.39 is 34.9 Å². The van der Waals surface area contributed by atoms with Crippen molar-refractivity contribution in [2.24, 2.45) is 0 Å². The molecule has 1 aromatic carbocycles. The number of hydrogen-bond acceptors (Lipinski definition) is 8. The largest absolute Gasteiger partial charge is 0.349 e. The highest BCUT2D eigenvalue weighted by Gasteiger charge is 2.41. The Balaban J connectivity index is 1.41. The third-order valence-corrected chi connectivity index (χ3v) is 5.34. The van der Waals surface area contributed by atoms with Crippen molar-refractivity contribution in [3.8, 4) is 10.6 Å². The number of fused-ring (bicyclic) bond motifs is 1. The second-order valence-electron chi connectivity index (χ2n) is 6.32. The number of imide groups is 1. The minimum absolute atomic E-state index is 0.0809. The highest BCUT2D eigenvalue weighted by Crippen LogP contribution is 2.30. The molecule has 1 aliphatic heterocycles. The Labute approximate surface area is 173 Å². The van der Waals surface area contributed by atoms with E-state index in [1.807, 2.05) is 6.07 Å². The van der Waals surface area contributed by atoms with Crippen molar-refractivity contribution in [3.05, 3.63) is 75.0 Å². The second kappa shape index (κ2) is 7.79. The summed E-state index contributed by atoms with van der Waals surface area (Å²) in [6.07, 6.45) is 3.34. The molecule has 1 aliphatic rings. The number of thiazole rings is 1. The Kier molecular flexibility index (Phi) is 5.02. The molecule has 2 aromatic heterocycles. The number of carbonyl (C=O) groups excluding carboxylic acids is 3. The molecule has 0 fully saturated rings. The van der Waals surface area contributed by atoms with Crippen molar-refractivity contribution >= 4 is 34.7 Å². The van der Waals surface area contributed by atoms with Gasteiger partial charge in [0.25, 0.3) is 17.5 Å². The predicted octanol–water partition coefficient (Wildman–Crippen LogP) is 2.03. The molecule has 4 rings (SSSR count). The summed E-state index contributed by atoms with van der Waals surface area (Å²) in [4.78, 5) is 56.8. The Morgan fingerprint density at radius 2 is 2.03 bits per heavy atom. The fourth-order valence-electron chi connectivity index (χ4n) is 3.01. The van der Waals surface area contributed by atoms with Gasteiger partial charge in [0.15, 0.2) is 0 Å². The van der Waals surface area contributed by atoms with E-state index in [0.717, 1.165) is 16.6 Å². The van der Waals surface area contributed by atoms with Crippen LogP contribution in [0.1, 0.15) is 26.4 Å². The number of nitro groups is 1. The molecule has 0 aliphatic carbocycles. The Hall–Kier alpha value is -3.99. The highest BCUT2D eigenvalue weighted by molar-refractivity contribution is 7.13. The van der Waals surface area contributed by atoms with Gasteiger partial charge >= 0.3 is 0 Å². The summed E-state index contributed by atoms with van der Waals surface area (Å²) in [6, 6.07) is 7.47. The zero-order chi connectivity index (χ0) is 21.3. The van der Waals surface area contributed by atoms with Gasteiger partial charge < -0.3 is 5.32 Å². The van der Waals surface area contributed by atoms with Crippen LogP contribution in [0.15, 0.2) is 48.1 Å². The molecule has 3 aromatic rings. The van der Waals surface area contributed by atoms with E-state index in [4.69, 9.17) is 0 Å². The van der Waals surface area contributed by atoms with Gasteiger partial charge in [-0.1, -0.05) is 6.07 Å². The third kappa shape index (κ3) is 3.53. The molecule has 11 heteroatoms. The van der Waals surface area contributed by atoms with E-state index in [2.05, 4.69) is 15.3 Å². The molecule has 30 heavy (non-hydrogen) atoms. The van der Waals surface area contributed by atoms with Crippen LogP contribution < -0.4 is 5.32 Å². The number of carbonyl (C=O) groups is 3. The van der Waals surface area contributed by atoms with E-state index in [-0.39, 0.29) is 17.7 Å². The summed E-state index contributed by atoms with van der Waals surface area (Å²) >= 11 is 1.40. The first-order chi connectivity index (χ1) is 14.5. The predicted molar refractivity (Wildman–Crippen MR) is 106 cm³/mol. The van der Waals surface area contributed by atoms with Crippen LogP contribution in [0.2, 0.25) is 0 Å². The van der Waals surface area contributed by atoms with E-state index in [0.29, 0.717) is 10.6 Å². The topological polar surface area (TPSA) is 135 Å². The number of hydrogen-bond donors (Lipinski definition) is 1. The number of aromatic nitrogens is 2. The Morgan fingerprint density at radius 3 is 2.77 bits per heavy atom. The van der Waals surface area contributed by atoms with Crippen molar-refractivity contribution in [3.63, 3.8) is 0 Å². The summed E-state index contributed by atoms with van der Waals surface area (Å²) in [5.41, 5.74) is 0.639. The number of nitrogens with zero attached hydrogens (tertiary/aromatic N) is 4. The van der Waals surface area contributed by atoms with Gasteiger partial charge in [-0.2, -0.15) is 0 Å². The average molecular weight is 423 g/mol. The van der Waals surface area contributed by atoms with Crippen LogP contribution in [-0.4, -0.2) is 44.1 Å². The molecule has 150 valence electrons. The minimum Gasteiger partial charge on any atom is -0.349 e. The summed E-state index contributed by atoms with van der Waals surface area (Å²) in [7, 11) is 0. The average Bonchev–Trinajstić information content (AvgIpc) is 3.32. The van der Waals surface area contributed by atoms with Crippen LogP contribution in [0.4, 0.5) is 5.69 Å². The molecule has 0 bridgehead atoms.